The van der Waals surface area contributed by atoms with E-state index in [1.807, 2.05) is 6.07 Å². The summed E-state index contributed by atoms with van der Waals surface area (Å²) in [6.45, 7) is 0. The molecule has 1 nitrogen and oxygen atoms in total. The van der Waals surface area contributed by atoms with E-state index in [1.165, 1.54) is 36.9 Å². The van der Waals surface area contributed by atoms with Gasteiger partial charge in [-0.25, -0.2) is 0 Å². The largest absolute Gasteiger partial charge is 0.351 e. The van der Waals surface area contributed by atoms with Gasteiger partial charge in [-0.1, -0.05) is 29.8 Å². The molecule has 0 atom stereocenters. The molecule has 0 radical (unpaired) electrons. The second-order valence-electron chi connectivity index (χ2n) is 4.29. The van der Waals surface area contributed by atoms with E-state index < -0.39 is 0 Å². The Morgan fingerprint density at radius 3 is 2.62 bits per heavy atom. The van der Waals surface area contributed by atoms with Crippen molar-refractivity contribution in [3.8, 4) is 0 Å². The molecule has 0 spiro atoms. The Hall–Kier alpha value is -1.50. The summed E-state index contributed by atoms with van der Waals surface area (Å²) in [6.07, 6.45) is 11.9. The maximum absolute atomic E-state index is 2.36. The standard InChI is InChI=1S/C15H19N/c1-16(15-10-6-3-7-11-15)13-12-14-8-4-2-5-9-14/h3,6-8,10-13H,2,4-5,9H2,1H3/b13-12+. The predicted octanol–water partition coefficient (Wildman–Crippen LogP) is 4.14. The molecule has 0 N–H and O–H groups in total. The summed E-state index contributed by atoms with van der Waals surface area (Å²) in [5.41, 5.74) is 2.71. The molecule has 0 aromatic heterocycles. The second-order valence-corrected chi connectivity index (χ2v) is 4.29. The highest BCUT2D eigenvalue weighted by Crippen LogP contribution is 2.19. The van der Waals surface area contributed by atoms with E-state index in [2.05, 4.69) is 54.6 Å². The van der Waals surface area contributed by atoms with Crippen molar-refractivity contribution in [3.63, 3.8) is 0 Å². The van der Waals surface area contributed by atoms with Crippen molar-refractivity contribution in [2.75, 3.05) is 11.9 Å². The lowest BCUT2D eigenvalue weighted by atomic mass is 10.00. The molecule has 0 amide bonds. The van der Waals surface area contributed by atoms with Crippen LogP contribution in [-0.2, 0) is 0 Å². The molecule has 2 rings (SSSR count). The van der Waals surface area contributed by atoms with Gasteiger partial charge in [0.05, 0.1) is 0 Å². The quantitative estimate of drug-likeness (QED) is 0.729. The molecular formula is C15H19N. The van der Waals surface area contributed by atoms with Crippen molar-refractivity contribution >= 4 is 5.69 Å². The highest BCUT2D eigenvalue weighted by atomic mass is 15.1. The van der Waals surface area contributed by atoms with Gasteiger partial charge in [-0.2, -0.15) is 0 Å². The average Bonchev–Trinajstić information content (AvgIpc) is 2.38. The minimum absolute atomic E-state index is 1.23. The molecule has 1 aromatic carbocycles. The van der Waals surface area contributed by atoms with Crippen LogP contribution >= 0.6 is 0 Å². The number of benzene rings is 1. The van der Waals surface area contributed by atoms with E-state index in [-0.39, 0.29) is 0 Å². The van der Waals surface area contributed by atoms with Gasteiger partial charge in [0.15, 0.2) is 0 Å². The van der Waals surface area contributed by atoms with Gasteiger partial charge in [-0.3, -0.25) is 0 Å². The lowest BCUT2D eigenvalue weighted by Gasteiger charge is -2.15. The summed E-state index contributed by atoms with van der Waals surface area (Å²) in [5, 5.41) is 0. The van der Waals surface area contributed by atoms with Gasteiger partial charge in [-0.05, 0) is 43.9 Å². The van der Waals surface area contributed by atoms with E-state index >= 15 is 0 Å². The second kappa shape index (κ2) is 5.55. The van der Waals surface area contributed by atoms with Gasteiger partial charge in [0.25, 0.3) is 0 Å². The highest BCUT2D eigenvalue weighted by Gasteiger charge is 2.00. The number of allylic oxidation sites excluding steroid dienone is 3. The van der Waals surface area contributed by atoms with Crippen LogP contribution < -0.4 is 4.90 Å². The molecule has 0 heterocycles. The summed E-state index contributed by atoms with van der Waals surface area (Å²) >= 11 is 0. The summed E-state index contributed by atoms with van der Waals surface area (Å²) in [7, 11) is 2.09. The van der Waals surface area contributed by atoms with Gasteiger partial charge >= 0.3 is 0 Å². The first-order chi connectivity index (χ1) is 7.86. The van der Waals surface area contributed by atoms with Crippen molar-refractivity contribution in [1.29, 1.82) is 0 Å². The van der Waals surface area contributed by atoms with Crippen LogP contribution in [0.3, 0.4) is 0 Å². The van der Waals surface area contributed by atoms with Gasteiger partial charge in [-0.15, -0.1) is 0 Å². The molecule has 1 heteroatoms. The zero-order valence-corrected chi connectivity index (χ0v) is 9.89. The van der Waals surface area contributed by atoms with Crippen LogP contribution in [0.4, 0.5) is 5.69 Å². The van der Waals surface area contributed by atoms with E-state index in [1.54, 1.807) is 0 Å². The Kier molecular flexibility index (Phi) is 3.81. The number of anilines is 1. The third-order valence-corrected chi connectivity index (χ3v) is 3.00. The Bertz CT molecular complexity index is 376. The maximum Gasteiger partial charge on any atom is 0.0403 e. The van der Waals surface area contributed by atoms with Crippen LogP contribution in [0.2, 0.25) is 0 Å². The Morgan fingerprint density at radius 1 is 1.12 bits per heavy atom. The Morgan fingerprint density at radius 2 is 1.94 bits per heavy atom. The number of rotatable bonds is 3. The highest BCUT2D eigenvalue weighted by molar-refractivity contribution is 5.48. The van der Waals surface area contributed by atoms with Crippen LogP contribution in [0.15, 0.2) is 54.3 Å². The van der Waals surface area contributed by atoms with Gasteiger partial charge < -0.3 is 4.90 Å². The first kappa shape index (κ1) is 11.0. The monoisotopic (exact) mass is 213 g/mol. The van der Waals surface area contributed by atoms with Gasteiger partial charge in [0.1, 0.15) is 0 Å². The first-order valence-corrected chi connectivity index (χ1v) is 6.01. The molecule has 0 aliphatic heterocycles. The number of hydrogen-bond acceptors (Lipinski definition) is 1. The van der Waals surface area contributed by atoms with Crippen LogP contribution in [0.1, 0.15) is 25.7 Å². The van der Waals surface area contributed by atoms with Crippen LogP contribution in [0.5, 0.6) is 0 Å². The lowest BCUT2D eigenvalue weighted by molar-refractivity contribution is 0.711. The van der Waals surface area contributed by atoms with Gasteiger partial charge in [0, 0.05) is 18.9 Å². The fourth-order valence-electron chi connectivity index (χ4n) is 1.97. The van der Waals surface area contributed by atoms with Crippen molar-refractivity contribution in [1.82, 2.24) is 0 Å². The third kappa shape index (κ3) is 2.99. The van der Waals surface area contributed by atoms with E-state index in [9.17, 15) is 0 Å². The summed E-state index contributed by atoms with van der Waals surface area (Å²) < 4.78 is 0. The van der Waals surface area contributed by atoms with Crippen LogP contribution in [-0.4, -0.2) is 7.05 Å². The summed E-state index contributed by atoms with van der Waals surface area (Å²) in [6, 6.07) is 10.4. The van der Waals surface area contributed by atoms with Crippen LogP contribution in [0, 0.1) is 0 Å². The molecule has 0 saturated carbocycles. The third-order valence-electron chi connectivity index (χ3n) is 3.00. The molecule has 1 aromatic rings. The zero-order chi connectivity index (χ0) is 11.2. The van der Waals surface area contributed by atoms with E-state index in [0.717, 1.165) is 0 Å². The fraction of sp³-hybridized carbons (Fsp3) is 0.333. The van der Waals surface area contributed by atoms with Crippen molar-refractivity contribution in [2.45, 2.75) is 25.7 Å². The Labute approximate surface area is 98.1 Å². The minimum Gasteiger partial charge on any atom is -0.351 e. The molecule has 84 valence electrons. The molecule has 0 bridgehead atoms. The number of para-hydroxylation sites is 1. The van der Waals surface area contributed by atoms with E-state index in [4.69, 9.17) is 0 Å². The van der Waals surface area contributed by atoms with Crippen molar-refractivity contribution < 1.29 is 0 Å². The molecule has 16 heavy (non-hydrogen) atoms. The fourth-order valence-corrected chi connectivity index (χ4v) is 1.97. The first-order valence-electron chi connectivity index (χ1n) is 6.01. The smallest absolute Gasteiger partial charge is 0.0403 e. The number of nitrogens with zero attached hydrogens (tertiary/aromatic N) is 1. The Balaban J connectivity index is 1.99. The minimum atomic E-state index is 1.23. The molecule has 1 aliphatic rings. The molecular weight excluding hydrogens is 194 g/mol. The zero-order valence-electron chi connectivity index (χ0n) is 9.89. The van der Waals surface area contributed by atoms with Crippen molar-refractivity contribution in [3.05, 3.63) is 54.3 Å². The predicted molar refractivity (Wildman–Crippen MR) is 70.5 cm³/mol. The van der Waals surface area contributed by atoms with Gasteiger partial charge in [0.2, 0.25) is 0 Å². The topological polar surface area (TPSA) is 3.24 Å². The number of hydrogen-bond donors (Lipinski definition) is 0. The lowest BCUT2D eigenvalue weighted by Crippen LogP contribution is -2.07. The average molecular weight is 213 g/mol. The molecule has 0 fully saturated rings. The molecule has 1 aliphatic carbocycles. The SMILES string of the molecule is CN(/C=C/C1=CCCCC1)c1ccccc1. The maximum atomic E-state index is 2.36. The molecule has 0 unspecified atom stereocenters. The van der Waals surface area contributed by atoms with Crippen molar-refractivity contribution in [2.24, 2.45) is 0 Å². The summed E-state index contributed by atoms with van der Waals surface area (Å²) in [4.78, 5) is 2.16. The normalized spacial score (nSPS) is 16.2. The van der Waals surface area contributed by atoms with E-state index in [0.29, 0.717) is 0 Å². The molecule has 0 saturated heterocycles. The van der Waals surface area contributed by atoms with Crippen LogP contribution in [0.25, 0.3) is 0 Å². The summed E-state index contributed by atoms with van der Waals surface area (Å²) in [5.74, 6) is 0.